The predicted molar refractivity (Wildman–Crippen MR) is 181 cm³/mol. The number of aliphatic hydroxyl groups is 1. The monoisotopic (exact) mass is 676 g/mol. The van der Waals surface area contributed by atoms with Gasteiger partial charge in [0.25, 0.3) is 5.91 Å². The van der Waals surface area contributed by atoms with Crippen LogP contribution in [0.3, 0.4) is 0 Å². The molecule has 2 aliphatic heterocycles. The Hall–Kier alpha value is -3.47. The highest BCUT2D eigenvalue weighted by atomic mass is 35.5. The van der Waals surface area contributed by atoms with Crippen molar-refractivity contribution in [2.24, 2.45) is 17.8 Å². The first-order valence-electron chi connectivity index (χ1n) is 16.5. The highest BCUT2D eigenvalue weighted by Crippen LogP contribution is 2.50. The second-order valence-electron chi connectivity index (χ2n) is 13.9. The number of nitrogens with one attached hydrogen (secondary N) is 1. The van der Waals surface area contributed by atoms with E-state index in [0.717, 1.165) is 37.8 Å². The number of hydrogen-bond acceptors (Lipinski definition) is 8. The highest BCUT2D eigenvalue weighted by molar-refractivity contribution is 7.90. The summed E-state index contributed by atoms with van der Waals surface area (Å²) in [6, 6.07) is 13.1. The molecule has 0 saturated heterocycles. The van der Waals surface area contributed by atoms with Gasteiger partial charge in [-0.3, -0.25) is 4.79 Å². The number of allylic oxidation sites excluding steroid dienone is 1. The third-order valence-corrected chi connectivity index (χ3v) is 13.3. The van der Waals surface area contributed by atoms with Crippen molar-refractivity contribution in [3.8, 4) is 5.75 Å². The van der Waals surface area contributed by atoms with Crippen LogP contribution >= 0.6 is 11.6 Å². The minimum atomic E-state index is -4.00. The number of hydrogen-bond donors (Lipinski definition) is 2. The molecule has 2 N–H and O–H groups in total. The number of sulfonamides is 1. The first-order chi connectivity index (χ1) is 22.5. The quantitative estimate of drug-likeness (QED) is 0.322. The molecule has 9 nitrogen and oxygen atoms in total. The van der Waals surface area contributed by atoms with Crippen molar-refractivity contribution in [1.29, 1.82) is 0 Å². The van der Waals surface area contributed by atoms with Crippen LogP contribution in [0.25, 0.3) is 0 Å². The number of anilines is 1. The average molecular weight is 677 g/mol. The number of rotatable bonds is 1. The van der Waals surface area contributed by atoms with Crippen LogP contribution in [-0.4, -0.2) is 54.3 Å². The van der Waals surface area contributed by atoms with Gasteiger partial charge in [-0.2, -0.15) is 0 Å². The van der Waals surface area contributed by atoms with Crippen molar-refractivity contribution >= 4 is 33.2 Å². The van der Waals surface area contributed by atoms with Gasteiger partial charge >= 0.3 is 0 Å². The minimum Gasteiger partial charge on any atom is -0.490 e. The molecule has 1 saturated carbocycles. The van der Waals surface area contributed by atoms with Gasteiger partial charge in [0.15, 0.2) is 0 Å². The van der Waals surface area contributed by atoms with E-state index in [-0.39, 0.29) is 28.7 Å². The first kappa shape index (κ1) is 32.1. The fraction of sp³-hybridized carbons (Fsp3) is 0.472. The van der Waals surface area contributed by atoms with Crippen molar-refractivity contribution < 1.29 is 23.1 Å². The van der Waals surface area contributed by atoms with E-state index in [0.29, 0.717) is 42.6 Å². The number of nitrogens with zero attached hydrogens (tertiary/aromatic N) is 3. The first-order valence-corrected chi connectivity index (χ1v) is 18.4. The summed E-state index contributed by atoms with van der Waals surface area (Å²) in [5, 5.41) is 12.3. The van der Waals surface area contributed by atoms with Crippen molar-refractivity contribution in [2.75, 3.05) is 24.6 Å². The topological polar surface area (TPSA) is 122 Å². The van der Waals surface area contributed by atoms with Gasteiger partial charge in [-0.05, 0) is 105 Å². The lowest BCUT2D eigenvalue weighted by Gasteiger charge is -2.49. The Bertz CT molecular complexity index is 1820. The lowest BCUT2D eigenvalue weighted by molar-refractivity contribution is -0.0530. The van der Waals surface area contributed by atoms with Gasteiger partial charge < -0.3 is 14.7 Å². The molecule has 3 heterocycles. The van der Waals surface area contributed by atoms with Gasteiger partial charge in [-0.1, -0.05) is 36.7 Å². The maximum absolute atomic E-state index is 13.5. The van der Waals surface area contributed by atoms with Crippen LogP contribution in [0, 0.1) is 17.8 Å². The summed E-state index contributed by atoms with van der Waals surface area (Å²) in [6.07, 6.45) is 11.7. The second kappa shape index (κ2) is 12.2. The molecule has 11 heteroatoms. The second-order valence-corrected chi connectivity index (χ2v) is 16.4. The highest BCUT2D eigenvalue weighted by Gasteiger charge is 2.49. The average Bonchev–Trinajstić information content (AvgIpc) is 3.19. The Morgan fingerprint density at radius 2 is 1.98 bits per heavy atom. The number of aryl methyl sites for hydroxylation is 1. The van der Waals surface area contributed by atoms with E-state index < -0.39 is 26.8 Å². The molecular weight excluding hydrogens is 636 g/mol. The molecule has 47 heavy (non-hydrogen) atoms. The standard InChI is InChI=1S/C36H41ClN4O5S/c1-23-5-3-15-36(43,33-13-16-38-22-39-33)30-10-7-27(30)19-41-20-35(14-4-6-25-17-28(37)9-11-29(25)35)21-46-32-12-8-26(18-31(32)41)34(42)40-47(44,45)24(23)2/h3,8-9,11-13,15-18,22-24,27,30,43H,4-7,10,14,19-21H2,1-2H3,(H,40,42)/b15-3+/t23-,24+,27-,30+,35-,36+/m0/s1. The smallest absolute Gasteiger partial charge is 0.264 e. The molecule has 248 valence electrons. The molecule has 2 aliphatic carbocycles. The molecule has 1 amide bonds. The van der Waals surface area contributed by atoms with Crippen LogP contribution in [0.15, 0.2) is 67.1 Å². The van der Waals surface area contributed by atoms with Crippen molar-refractivity contribution in [3.63, 3.8) is 0 Å². The normalized spacial score (nSPS) is 32.5. The van der Waals surface area contributed by atoms with E-state index >= 15 is 0 Å². The molecule has 0 radical (unpaired) electrons. The molecule has 2 bridgehead atoms. The number of halogens is 1. The predicted octanol–water partition coefficient (Wildman–Crippen LogP) is 5.56. The number of ether oxygens (including phenoxy) is 1. The largest absolute Gasteiger partial charge is 0.490 e. The van der Waals surface area contributed by atoms with Crippen molar-refractivity contribution in [2.45, 2.75) is 68.6 Å². The summed E-state index contributed by atoms with van der Waals surface area (Å²) >= 11 is 6.43. The van der Waals surface area contributed by atoms with Crippen LogP contribution in [0.1, 0.15) is 73.1 Å². The number of benzene rings is 2. The fourth-order valence-electron chi connectivity index (χ4n) is 8.07. The molecule has 7 rings (SSSR count). The number of carbonyl (C=O) groups excluding carboxylic acids is 1. The molecule has 1 fully saturated rings. The third kappa shape index (κ3) is 5.82. The van der Waals surface area contributed by atoms with Crippen LogP contribution in [0.2, 0.25) is 5.02 Å². The zero-order valence-electron chi connectivity index (χ0n) is 26.7. The van der Waals surface area contributed by atoms with Gasteiger partial charge in [0, 0.05) is 41.2 Å². The van der Waals surface area contributed by atoms with E-state index in [1.54, 1.807) is 43.5 Å². The van der Waals surface area contributed by atoms with Crippen LogP contribution in [-0.2, 0) is 27.5 Å². The number of carbonyl (C=O) groups is 1. The van der Waals surface area contributed by atoms with Gasteiger partial charge in [0.05, 0.1) is 23.2 Å². The van der Waals surface area contributed by atoms with E-state index in [2.05, 4.69) is 31.7 Å². The molecular formula is C36H41ClN4O5S. The number of aromatic nitrogens is 2. The zero-order chi connectivity index (χ0) is 33.0. The SMILES string of the molecule is C[C@@H]1[C@@H](C)C/C=C/[C@](O)(c2ccncn2)[C@@H]2CC[C@H]2CN2C[C@@]3(CCCc4cc(Cl)ccc43)COc3ccc(cc32)C(=O)NS1(=O)=O. The molecule has 3 aromatic rings. The van der Waals surface area contributed by atoms with Gasteiger partial charge in [0.2, 0.25) is 10.0 Å². The Morgan fingerprint density at radius 1 is 1.13 bits per heavy atom. The fourth-order valence-corrected chi connectivity index (χ4v) is 9.55. The lowest BCUT2D eigenvalue weighted by Crippen LogP contribution is -2.51. The molecule has 1 spiro atoms. The maximum Gasteiger partial charge on any atom is 0.264 e. The third-order valence-electron chi connectivity index (χ3n) is 11.1. The van der Waals surface area contributed by atoms with E-state index in [1.807, 2.05) is 19.1 Å². The Labute approximate surface area is 281 Å². The van der Waals surface area contributed by atoms with Crippen molar-refractivity contribution in [3.05, 3.63) is 94.5 Å². The van der Waals surface area contributed by atoms with Gasteiger partial charge in [0.1, 0.15) is 17.7 Å². The molecule has 6 atom stereocenters. The molecule has 1 aromatic heterocycles. The van der Waals surface area contributed by atoms with Gasteiger partial charge in [-0.25, -0.2) is 23.1 Å². The summed E-state index contributed by atoms with van der Waals surface area (Å²) in [5.41, 5.74) is 2.29. The Kier molecular flexibility index (Phi) is 8.33. The lowest BCUT2D eigenvalue weighted by atomic mass is 9.63. The Morgan fingerprint density at radius 3 is 2.74 bits per heavy atom. The summed E-state index contributed by atoms with van der Waals surface area (Å²) in [4.78, 5) is 24.4. The van der Waals surface area contributed by atoms with Crippen LogP contribution < -0.4 is 14.4 Å². The van der Waals surface area contributed by atoms with Gasteiger partial charge in [-0.15, -0.1) is 0 Å². The molecule has 2 aromatic carbocycles. The van der Waals surface area contributed by atoms with E-state index in [1.165, 1.54) is 17.5 Å². The minimum absolute atomic E-state index is 0.109. The summed E-state index contributed by atoms with van der Waals surface area (Å²) < 4.78 is 35.7. The Balaban J connectivity index is 1.35. The zero-order valence-corrected chi connectivity index (χ0v) is 28.3. The van der Waals surface area contributed by atoms with Crippen molar-refractivity contribution in [1.82, 2.24) is 14.7 Å². The number of amides is 1. The van der Waals surface area contributed by atoms with E-state index in [4.69, 9.17) is 16.3 Å². The number of fused-ring (bicyclic) bond motifs is 4. The molecule has 4 aliphatic rings. The summed E-state index contributed by atoms with van der Waals surface area (Å²) in [6.45, 7) is 5.16. The van der Waals surface area contributed by atoms with Crippen LogP contribution in [0.5, 0.6) is 5.75 Å². The van der Waals surface area contributed by atoms with E-state index in [9.17, 15) is 18.3 Å². The summed E-state index contributed by atoms with van der Waals surface area (Å²) in [5.74, 6) is -0.363. The maximum atomic E-state index is 13.5. The molecule has 0 unspecified atom stereocenters. The van der Waals surface area contributed by atoms with Crippen LogP contribution in [0.4, 0.5) is 5.69 Å². The summed E-state index contributed by atoms with van der Waals surface area (Å²) in [7, 11) is -4.00.